The van der Waals surface area contributed by atoms with Gasteiger partial charge in [0.1, 0.15) is 30.5 Å². The van der Waals surface area contributed by atoms with Crippen molar-refractivity contribution in [2.75, 3.05) is 20.8 Å². The van der Waals surface area contributed by atoms with E-state index in [1.165, 1.54) is 0 Å². The minimum Gasteiger partial charge on any atom is -0.496 e. The molecule has 0 unspecified atom stereocenters. The standard InChI is InChI=1S/C26H30N6O4S/c1-7-35-15-31-12-20(27-29-31)17-10-18-22(11-21(17)34-6)36-13-19-23(25(33)30(5)26(2,3)4)28-32(24(18)19)16-8-9-37-14-16/h8-12,14H,7,13,15H2,1-6H3. The number of aromatic nitrogens is 5. The summed E-state index contributed by atoms with van der Waals surface area (Å²) in [7, 11) is 3.41. The lowest BCUT2D eigenvalue weighted by molar-refractivity contribution is 0.0646. The first-order valence-electron chi connectivity index (χ1n) is 12.0. The molecule has 4 heterocycles. The van der Waals surface area contributed by atoms with Crippen LogP contribution >= 0.6 is 11.3 Å². The fourth-order valence-corrected chi connectivity index (χ4v) is 4.73. The van der Waals surface area contributed by atoms with Gasteiger partial charge in [0.25, 0.3) is 5.91 Å². The van der Waals surface area contributed by atoms with E-state index in [9.17, 15) is 4.79 Å². The molecule has 0 saturated carbocycles. The van der Waals surface area contributed by atoms with Crippen molar-refractivity contribution in [3.05, 3.63) is 46.4 Å². The zero-order valence-electron chi connectivity index (χ0n) is 21.8. The highest BCUT2D eigenvalue weighted by Gasteiger charge is 2.34. The molecule has 1 amide bonds. The maximum Gasteiger partial charge on any atom is 0.274 e. The molecule has 1 aliphatic heterocycles. The van der Waals surface area contributed by atoms with Gasteiger partial charge < -0.3 is 19.1 Å². The smallest absolute Gasteiger partial charge is 0.274 e. The van der Waals surface area contributed by atoms with Gasteiger partial charge in [0, 0.05) is 47.3 Å². The Morgan fingerprint density at radius 1 is 1.27 bits per heavy atom. The fraction of sp³-hybridized carbons (Fsp3) is 0.385. The summed E-state index contributed by atoms with van der Waals surface area (Å²) in [5.74, 6) is 1.10. The van der Waals surface area contributed by atoms with Crippen molar-refractivity contribution in [3.63, 3.8) is 0 Å². The third-order valence-corrected chi connectivity index (χ3v) is 7.09. The molecule has 0 N–H and O–H groups in total. The molecule has 11 heteroatoms. The normalized spacial score (nSPS) is 12.6. The summed E-state index contributed by atoms with van der Waals surface area (Å²) in [6.45, 7) is 9.02. The number of ether oxygens (including phenoxy) is 3. The zero-order chi connectivity index (χ0) is 26.3. The van der Waals surface area contributed by atoms with Gasteiger partial charge >= 0.3 is 0 Å². The topological polar surface area (TPSA) is 96.5 Å². The second kappa shape index (κ2) is 9.64. The molecule has 0 radical (unpaired) electrons. The summed E-state index contributed by atoms with van der Waals surface area (Å²) < 4.78 is 20.8. The highest BCUT2D eigenvalue weighted by molar-refractivity contribution is 7.08. The van der Waals surface area contributed by atoms with Gasteiger partial charge in [-0.25, -0.2) is 9.36 Å². The van der Waals surface area contributed by atoms with Crippen LogP contribution < -0.4 is 9.47 Å². The molecule has 0 aliphatic carbocycles. The molecule has 5 rings (SSSR count). The van der Waals surface area contributed by atoms with Gasteiger partial charge in [-0.1, -0.05) is 5.21 Å². The molecule has 4 aromatic rings. The monoisotopic (exact) mass is 522 g/mol. The number of thiophene rings is 1. The number of hydrogen-bond donors (Lipinski definition) is 0. The maximum atomic E-state index is 13.6. The molecule has 0 bridgehead atoms. The largest absolute Gasteiger partial charge is 0.496 e. The van der Waals surface area contributed by atoms with Crippen molar-refractivity contribution < 1.29 is 19.0 Å². The van der Waals surface area contributed by atoms with E-state index >= 15 is 0 Å². The highest BCUT2D eigenvalue weighted by Crippen LogP contribution is 2.46. The van der Waals surface area contributed by atoms with Crippen molar-refractivity contribution >= 4 is 17.2 Å². The summed E-state index contributed by atoms with van der Waals surface area (Å²) in [6, 6.07) is 5.80. The third-order valence-electron chi connectivity index (χ3n) is 6.42. The number of fused-ring (bicyclic) bond motifs is 3. The molecule has 10 nitrogen and oxygen atoms in total. The Hall–Kier alpha value is -3.70. The Morgan fingerprint density at radius 3 is 2.76 bits per heavy atom. The first kappa shape index (κ1) is 25.0. The van der Waals surface area contributed by atoms with Gasteiger partial charge in [-0.3, -0.25) is 4.79 Å². The van der Waals surface area contributed by atoms with E-state index in [1.54, 1.807) is 35.1 Å². The number of carbonyl (C=O) groups excluding carboxylic acids is 1. The molecule has 0 spiro atoms. The molecule has 194 valence electrons. The number of amides is 1. The Balaban J connectivity index is 1.68. The number of hydrogen-bond acceptors (Lipinski definition) is 8. The van der Waals surface area contributed by atoms with Crippen LogP contribution in [-0.2, 0) is 18.1 Å². The van der Waals surface area contributed by atoms with Crippen molar-refractivity contribution in [2.24, 2.45) is 0 Å². The summed E-state index contributed by atoms with van der Waals surface area (Å²) in [5.41, 5.74) is 4.64. The summed E-state index contributed by atoms with van der Waals surface area (Å²) in [5, 5.41) is 17.3. The van der Waals surface area contributed by atoms with Crippen LogP contribution in [0.1, 0.15) is 43.7 Å². The lowest BCUT2D eigenvalue weighted by Crippen LogP contribution is -2.43. The van der Waals surface area contributed by atoms with Crippen molar-refractivity contribution in [2.45, 2.75) is 46.6 Å². The van der Waals surface area contributed by atoms with Crippen LogP contribution in [-0.4, -0.2) is 61.9 Å². The van der Waals surface area contributed by atoms with Crippen LogP contribution in [0.3, 0.4) is 0 Å². The lowest BCUT2D eigenvalue weighted by atomic mass is 9.97. The van der Waals surface area contributed by atoms with E-state index in [0.717, 1.165) is 28.1 Å². The van der Waals surface area contributed by atoms with Crippen LogP contribution in [0.15, 0.2) is 35.2 Å². The first-order chi connectivity index (χ1) is 17.7. The van der Waals surface area contributed by atoms with Gasteiger partial charge in [0.15, 0.2) is 5.69 Å². The summed E-state index contributed by atoms with van der Waals surface area (Å²) in [4.78, 5) is 15.3. The average molecular weight is 523 g/mol. The molecule has 0 atom stereocenters. The average Bonchev–Trinajstić information content (AvgIpc) is 3.64. The Bertz CT molecular complexity index is 1430. The quantitative estimate of drug-likeness (QED) is 0.349. The van der Waals surface area contributed by atoms with E-state index in [4.69, 9.17) is 19.3 Å². The second-order valence-electron chi connectivity index (χ2n) is 9.71. The molecule has 0 fully saturated rings. The second-order valence-corrected chi connectivity index (χ2v) is 10.5. The van der Waals surface area contributed by atoms with Crippen LogP contribution in [0.2, 0.25) is 0 Å². The van der Waals surface area contributed by atoms with E-state index in [-0.39, 0.29) is 18.1 Å². The van der Waals surface area contributed by atoms with Crippen LogP contribution in [0, 0.1) is 0 Å². The maximum absolute atomic E-state index is 13.6. The lowest BCUT2D eigenvalue weighted by Gasteiger charge is -2.31. The van der Waals surface area contributed by atoms with Crippen LogP contribution in [0.5, 0.6) is 11.5 Å². The summed E-state index contributed by atoms with van der Waals surface area (Å²) >= 11 is 1.57. The molecule has 3 aromatic heterocycles. The predicted molar refractivity (Wildman–Crippen MR) is 140 cm³/mol. The third kappa shape index (κ3) is 4.49. The number of carbonyl (C=O) groups is 1. The Labute approximate surface area is 219 Å². The Kier molecular flexibility index (Phi) is 6.50. The molecular weight excluding hydrogens is 492 g/mol. The fourth-order valence-electron chi connectivity index (χ4n) is 4.12. The number of rotatable bonds is 7. The number of benzene rings is 1. The molecule has 1 aromatic carbocycles. The zero-order valence-corrected chi connectivity index (χ0v) is 22.6. The van der Waals surface area contributed by atoms with Crippen molar-refractivity contribution in [1.29, 1.82) is 0 Å². The predicted octanol–water partition coefficient (Wildman–Crippen LogP) is 4.62. The number of methoxy groups -OCH3 is 1. The molecule has 0 saturated heterocycles. The SMILES string of the molecule is CCOCn1cc(-c2cc3c(cc2OC)OCc2c(C(=O)N(C)C(C)(C)C)nn(-c4ccsc4)c2-3)nn1. The highest BCUT2D eigenvalue weighted by atomic mass is 32.1. The number of nitrogens with zero attached hydrogens (tertiary/aromatic N) is 6. The molecule has 1 aliphatic rings. The minimum absolute atomic E-state index is 0.155. The van der Waals surface area contributed by atoms with E-state index in [0.29, 0.717) is 36.2 Å². The molecule has 37 heavy (non-hydrogen) atoms. The van der Waals surface area contributed by atoms with Gasteiger partial charge in [-0.15, -0.1) is 5.10 Å². The van der Waals surface area contributed by atoms with Crippen molar-refractivity contribution in [3.8, 4) is 39.7 Å². The minimum atomic E-state index is -0.364. The van der Waals surface area contributed by atoms with Crippen molar-refractivity contribution in [1.82, 2.24) is 29.7 Å². The van der Waals surface area contributed by atoms with E-state index in [2.05, 4.69) is 10.3 Å². The summed E-state index contributed by atoms with van der Waals surface area (Å²) in [6.07, 6.45) is 1.81. The molecular formula is C26H30N6O4S. The van der Waals surface area contributed by atoms with Gasteiger partial charge in [0.2, 0.25) is 0 Å². The Morgan fingerprint density at radius 2 is 2.08 bits per heavy atom. The van der Waals surface area contributed by atoms with Gasteiger partial charge in [-0.2, -0.15) is 16.4 Å². The van der Waals surface area contributed by atoms with Gasteiger partial charge in [-0.05, 0) is 45.2 Å². The van der Waals surface area contributed by atoms with Crippen LogP contribution in [0.25, 0.3) is 28.2 Å². The van der Waals surface area contributed by atoms with Gasteiger partial charge in [0.05, 0.1) is 24.7 Å². The van der Waals surface area contributed by atoms with E-state index < -0.39 is 0 Å². The van der Waals surface area contributed by atoms with Crippen LogP contribution in [0.4, 0.5) is 0 Å². The van der Waals surface area contributed by atoms with E-state index in [1.807, 2.05) is 67.5 Å². The first-order valence-corrected chi connectivity index (χ1v) is 12.9.